The van der Waals surface area contributed by atoms with E-state index in [1.165, 1.54) is 11.1 Å². The summed E-state index contributed by atoms with van der Waals surface area (Å²) >= 11 is 6.08. The van der Waals surface area contributed by atoms with Crippen molar-refractivity contribution in [3.05, 3.63) is 64.8 Å². The largest absolute Gasteiger partial charge is 0.495 e. The minimum atomic E-state index is 0.405. The van der Waals surface area contributed by atoms with E-state index in [0.717, 1.165) is 25.3 Å². The summed E-state index contributed by atoms with van der Waals surface area (Å²) in [5, 5.41) is 11.9. The second-order valence-corrected chi connectivity index (χ2v) is 6.48. The number of nitrogens with zero attached hydrogens (tertiary/aromatic N) is 4. The number of rotatable bonds is 4. The van der Waals surface area contributed by atoms with Crippen molar-refractivity contribution in [1.82, 2.24) is 15.2 Å². The highest BCUT2D eigenvalue weighted by Crippen LogP contribution is 2.30. The Kier molecular flexibility index (Phi) is 4.58. The van der Waals surface area contributed by atoms with Crippen LogP contribution in [0.2, 0.25) is 5.02 Å². The molecule has 0 radical (unpaired) electrons. The average molecular weight is 368 g/mol. The number of benzene rings is 2. The predicted octanol–water partition coefficient (Wildman–Crippen LogP) is 3.84. The van der Waals surface area contributed by atoms with Crippen molar-refractivity contribution < 1.29 is 4.74 Å². The highest BCUT2D eigenvalue weighted by atomic mass is 35.5. The van der Waals surface area contributed by atoms with Gasteiger partial charge in [0, 0.05) is 18.1 Å². The van der Waals surface area contributed by atoms with E-state index in [0.29, 0.717) is 22.4 Å². The molecule has 0 amide bonds. The van der Waals surface area contributed by atoms with Gasteiger partial charge in [0.15, 0.2) is 5.82 Å². The Morgan fingerprint density at radius 2 is 2.00 bits per heavy atom. The first-order chi connectivity index (χ1) is 12.7. The summed E-state index contributed by atoms with van der Waals surface area (Å²) < 4.78 is 5.35. The summed E-state index contributed by atoms with van der Waals surface area (Å²) in [6, 6.07) is 13.8. The highest BCUT2D eigenvalue weighted by molar-refractivity contribution is 6.31. The second kappa shape index (κ2) is 7.17. The Balaban J connectivity index is 1.57. The Hall–Kier alpha value is -2.86. The van der Waals surface area contributed by atoms with Crippen molar-refractivity contribution in [3.63, 3.8) is 0 Å². The van der Waals surface area contributed by atoms with Crippen molar-refractivity contribution in [2.75, 3.05) is 23.9 Å². The summed E-state index contributed by atoms with van der Waals surface area (Å²) in [4.78, 5) is 6.82. The van der Waals surface area contributed by atoms with Gasteiger partial charge in [-0.1, -0.05) is 35.9 Å². The van der Waals surface area contributed by atoms with E-state index < -0.39 is 0 Å². The molecule has 2 heterocycles. The Labute approximate surface area is 156 Å². The smallest absolute Gasteiger partial charge is 0.249 e. The molecular weight excluding hydrogens is 350 g/mol. The monoisotopic (exact) mass is 367 g/mol. The van der Waals surface area contributed by atoms with Crippen molar-refractivity contribution in [2.45, 2.75) is 13.0 Å². The van der Waals surface area contributed by atoms with E-state index in [-0.39, 0.29) is 0 Å². The van der Waals surface area contributed by atoms with E-state index in [9.17, 15) is 0 Å². The minimum Gasteiger partial charge on any atom is -0.495 e. The number of halogens is 1. The van der Waals surface area contributed by atoms with Gasteiger partial charge in [-0.15, -0.1) is 5.10 Å². The van der Waals surface area contributed by atoms with Gasteiger partial charge in [-0.3, -0.25) is 0 Å². The summed E-state index contributed by atoms with van der Waals surface area (Å²) in [5.41, 5.74) is 3.42. The van der Waals surface area contributed by atoms with E-state index in [1.54, 1.807) is 31.5 Å². The van der Waals surface area contributed by atoms with Gasteiger partial charge in [-0.2, -0.15) is 10.1 Å². The number of aromatic nitrogens is 3. The molecule has 0 atom stereocenters. The molecule has 0 spiro atoms. The maximum atomic E-state index is 6.08. The fourth-order valence-electron chi connectivity index (χ4n) is 3.09. The van der Waals surface area contributed by atoms with Crippen LogP contribution in [0.4, 0.5) is 17.5 Å². The van der Waals surface area contributed by atoms with E-state index >= 15 is 0 Å². The summed E-state index contributed by atoms with van der Waals surface area (Å²) in [7, 11) is 1.61. The number of nitrogens with one attached hydrogen (secondary N) is 1. The predicted molar refractivity (Wildman–Crippen MR) is 102 cm³/mol. The van der Waals surface area contributed by atoms with Gasteiger partial charge in [0.2, 0.25) is 5.95 Å². The van der Waals surface area contributed by atoms with Crippen molar-refractivity contribution in [2.24, 2.45) is 0 Å². The van der Waals surface area contributed by atoms with Crippen LogP contribution in [0.1, 0.15) is 11.1 Å². The Morgan fingerprint density at radius 1 is 1.15 bits per heavy atom. The quantitative estimate of drug-likeness (QED) is 0.755. The number of hydrogen-bond donors (Lipinski definition) is 1. The van der Waals surface area contributed by atoms with Crippen LogP contribution in [0.25, 0.3) is 0 Å². The summed E-state index contributed by atoms with van der Waals surface area (Å²) in [5.74, 6) is 1.86. The van der Waals surface area contributed by atoms with Crippen LogP contribution in [0.3, 0.4) is 0 Å². The van der Waals surface area contributed by atoms with Crippen LogP contribution < -0.4 is 15.0 Å². The molecule has 0 saturated carbocycles. The van der Waals surface area contributed by atoms with Gasteiger partial charge < -0.3 is 15.0 Å². The van der Waals surface area contributed by atoms with Crippen molar-refractivity contribution in [1.29, 1.82) is 0 Å². The number of fused-ring (bicyclic) bond motifs is 1. The molecule has 0 unspecified atom stereocenters. The van der Waals surface area contributed by atoms with Crippen molar-refractivity contribution >= 4 is 29.1 Å². The Morgan fingerprint density at radius 3 is 2.85 bits per heavy atom. The van der Waals surface area contributed by atoms with Crippen molar-refractivity contribution in [3.8, 4) is 5.75 Å². The highest BCUT2D eigenvalue weighted by Gasteiger charge is 2.18. The van der Waals surface area contributed by atoms with E-state index in [4.69, 9.17) is 16.3 Å². The third kappa shape index (κ3) is 3.41. The molecule has 3 aromatic rings. The Bertz CT molecular complexity index is 933. The molecule has 0 aliphatic carbocycles. The van der Waals surface area contributed by atoms with Gasteiger partial charge in [-0.25, -0.2) is 0 Å². The van der Waals surface area contributed by atoms with Crippen LogP contribution in [-0.2, 0) is 13.0 Å². The lowest BCUT2D eigenvalue weighted by atomic mass is 10.0. The maximum Gasteiger partial charge on any atom is 0.249 e. The number of anilines is 3. The molecule has 0 saturated heterocycles. The van der Waals surface area contributed by atoms with E-state index in [1.807, 2.05) is 0 Å². The minimum absolute atomic E-state index is 0.405. The lowest BCUT2D eigenvalue weighted by Crippen LogP contribution is -2.31. The zero-order valence-corrected chi connectivity index (χ0v) is 15.1. The molecule has 1 aromatic heterocycles. The van der Waals surface area contributed by atoms with Crippen LogP contribution in [0.15, 0.2) is 48.7 Å². The van der Waals surface area contributed by atoms with Gasteiger partial charge >= 0.3 is 0 Å². The van der Waals surface area contributed by atoms with Crippen LogP contribution in [0.5, 0.6) is 5.75 Å². The fraction of sp³-hybridized carbons (Fsp3) is 0.211. The van der Waals surface area contributed by atoms with Crippen LogP contribution in [0, 0.1) is 0 Å². The zero-order chi connectivity index (χ0) is 17.9. The van der Waals surface area contributed by atoms with Crippen LogP contribution >= 0.6 is 11.6 Å². The van der Waals surface area contributed by atoms with Gasteiger partial charge in [0.1, 0.15) is 5.75 Å². The molecule has 7 heteroatoms. The molecule has 1 N–H and O–H groups in total. The molecule has 1 aliphatic rings. The normalized spacial score (nSPS) is 13.2. The molecule has 0 fully saturated rings. The first kappa shape index (κ1) is 16.6. The summed E-state index contributed by atoms with van der Waals surface area (Å²) in [6.07, 6.45) is 2.68. The zero-order valence-electron chi connectivity index (χ0n) is 14.3. The van der Waals surface area contributed by atoms with Gasteiger partial charge in [-0.05, 0) is 35.7 Å². The summed E-state index contributed by atoms with van der Waals surface area (Å²) in [6.45, 7) is 1.71. The van der Waals surface area contributed by atoms with Gasteiger partial charge in [0.25, 0.3) is 0 Å². The lowest BCUT2D eigenvalue weighted by Gasteiger charge is -2.29. The molecule has 6 nitrogen and oxygen atoms in total. The molecule has 26 heavy (non-hydrogen) atoms. The van der Waals surface area contributed by atoms with Crippen LogP contribution in [-0.4, -0.2) is 28.8 Å². The lowest BCUT2D eigenvalue weighted by molar-refractivity contribution is 0.417. The third-order valence-corrected chi connectivity index (χ3v) is 4.64. The number of methoxy groups -OCH3 is 1. The first-order valence-electron chi connectivity index (χ1n) is 8.35. The third-order valence-electron chi connectivity index (χ3n) is 4.41. The topological polar surface area (TPSA) is 63.2 Å². The molecule has 2 aromatic carbocycles. The first-order valence-corrected chi connectivity index (χ1v) is 8.73. The van der Waals surface area contributed by atoms with E-state index in [2.05, 4.69) is 49.7 Å². The van der Waals surface area contributed by atoms with Gasteiger partial charge in [0.05, 0.1) is 19.0 Å². The molecular formula is C19H18ClN5O. The second-order valence-electron chi connectivity index (χ2n) is 6.05. The molecule has 4 rings (SSSR count). The maximum absolute atomic E-state index is 6.08. The average Bonchev–Trinajstić information content (AvgIpc) is 2.68. The SMILES string of the molecule is COc1ccc(Cl)cc1Nc1nncc(N2CCc3ccccc3C2)n1. The molecule has 0 bridgehead atoms. The fourth-order valence-corrected chi connectivity index (χ4v) is 3.26. The standard InChI is InChI=1S/C19H18ClN5O/c1-26-17-7-6-15(20)10-16(17)22-19-23-18(11-21-24-19)25-9-8-13-4-2-3-5-14(13)12-25/h2-7,10-11H,8-9,12H2,1H3,(H,22,23,24). The molecule has 132 valence electrons. The number of ether oxygens (including phenoxy) is 1. The number of hydrogen-bond acceptors (Lipinski definition) is 6. The molecule has 1 aliphatic heterocycles.